The first-order valence-electron chi connectivity index (χ1n) is 10.3. The van der Waals surface area contributed by atoms with Crippen LogP contribution < -0.4 is 0 Å². The number of amides is 1. The molecule has 4 atom stereocenters. The Morgan fingerprint density at radius 1 is 1.30 bits per heavy atom. The smallest absolute Gasteiger partial charge is 0.352 e. The van der Waals surface area contributed by atoms with Gasteiger partial charge in [-0.25, -0.2) is 9.78 Å². The highest BCUT2D eigenvalue weighted by molar-refractivity contribution is 7.18. The standard InChI is InChI=1S/C22H20N4O6S/c1-9-14(18(22(31)32)26-17(9)15(10(2)28)20(26)30)13-6-25-8-24-16(21(25)33-13)19(29)12-3-11(7-27)4-23-5-12/h3-6,8-10,15,17,27-28H,7H2,1-2H3,(H,31,32)/t9-,10+,15+,17+/m0/s1. The fourth-order valence-electron chi connectivity index (χ4n) is 4.81. The lowest BCUT2D eigenvalue weighted by molar-refractivity contribution is -0.163. The molecule has 0 aromatic carbocycles. The highest BCUT2D eigenvalue weighted by Crippen LogP contribution is 2.51. The van der Waals surface area contributed by atoms with Crippen LogP contribution in [0.25, 0.3) is 10.4 Å². The molecule has 0 bridgehead atoms. The average Bonchev–Trinajstić information content (AvgIpc) is 3.42. The van der Waals surface area contributed by atoms with Crippen LogP contribution >= 0.6 is 11.3 Å². The maximum atomic E-state index is 13.1. The van der Waals surface area contributed by atoms with E-state index >= 15 is 0 Å². The minimum Gasteiger partial charge on any atom is -0.477 e. The third-order valence-corrected chi connectivity index (χ3v) is 7.45. The van der Waals surface area contributed by atoms with Gasteiger partial charge in [0.1, 0.15) is 22.5 Å². The minimum atomic E-state index is -1.21. The maximum Gasteiger partial charge on any atom is 0.352 e. The summed E-state index contributed by atoms with van der Waals surface area (Å²) in [6.07, 6.45) is 5.17. The number of carboxylic acids is 1. The number of carbonyl (C=O) groups is 3. The van der Waals surface area contributed by atoms with Crippen LogP contribution in [0.1, 0.15) is 40.3 Å². The first-order valence-corrected chi connectivity index (χ1v) is 11.1. The van der Waals surface area contributed by atoms with Crippen LogP contribution in [0, 0.1) is 11.8 Å². The molecule has 5 heterocycles. The van der Waals surface area contributed by atoms with Crippen LogP contribution in [0.3, 0.4) is 0 Å². The Morgan fingerprint density at radius 3 is 2.73 bits per heavy atom. The minimum absolute atomic E-state index is 0.0837. The molecule has 3 aromatic rings. The van der Waals surface area contributed by atoms with Gasteiger partial charge in [-0.2, -0.15) is 0 Å². The Labute approximate surface area is 191 Å². The van der Waals surface area contributed by atoms with Gasteiger partial charge in [0.05, 0.1) is 29.5 Å². The van der Waals surface area contributed by atoms with Gasteiger partial charge in [-0.1, -0.05) is 6.92 Å². The fourth-order valence-corrected chi connectivity index (χ4v) is 6.02. The molecule has 0 saturated carbocycles. The number of nitrogens with zero attached hydrogens (tertiary/aromatic N) is 4. The van der Waals surface area contributed by atoms with Crippen molar-refractivity contribution in [2.24, 2.45) is 11.8 Å². The van der Waals surface area contributed by atoms with Crippen LogP contribution in [0.15, 0.2) is 36.7 Å². The Balaban J connectivity index is 1.58. The molecule has 5 rings (SSSR count). The number of β-lactam (4-membered cyclic amide) rings is 1. The van der Waals surface area contributed by atoms with Gasteiger partial charge < -0.3 is 20.2 Å². The number of rotatable bonds is 6. The van der Waals surface area contributed by atoms with Crippen molar-refractivity contribution in [3.63, 3.8) is 0 Å². The number of thiazole rings is 1. The van der Waals surface area contributed by atoms with Crippen LogP contribution in [-0.4, -0.2) is 64.4 Å². The first-order chi connectivity index (χ1) is 15.7. The second-order valence-corrected chi connectivity index (χ2v) is 9.32. The number of fused-ring (bicyclic) bond motifs is 2. The summed E-state index contributed by atoms with van der Waals surface area (Å²) in [7, 11) is 0. The second-order valence-electron chi connectivity index (χ2n) is 8.29. The monoisotopic (exact) mass is 468 g/mol. The third kappa shape index (κ3) is 3.04. The quantitative estimate of drug-likeness (QED) is 0.361. The van der Waals surface area contributed by atoms with Crippen molar-refractivity contribution in [2.45, 2.75) is 32.6 Å². The number of aliphatic carboxylic acids is 1. The van der Waals surface area contributed by atoms with Crippen molar-refractivity contribution in [1.82, 2.24) is 19.3 Å². The summed E-state index contributed by atoms with van der Waals surface area (Å²) in [4.78, 5) is 48.4. The highest BCUT2D eigenvalue weighted by Gasteiger charge is 2.60. The number of aliphatic hydroxyl groups is 2. The highest BCUT2D eigenvalue weighted by atomic mass is 32.1. The predicted molar refractivity (Wildman–Crippen MR) is 116 cm³/mol. The summed E-state index contributed by atoms with van der Waals surface area (Å²) >= 11 is 1.22. The zero-order valence-corrected chi connectivity index (χ0v) is 18.5. The first kappa shape index (κ1) is 21.4. The third-order valence-electron chi connectivity index (χ3n) is 6.31. The molecule has 11 heteroatoms. The van der Waals surface area contributed by atoms with Crippen molar-refractivity contribution in [2.75, 3.05) is 0 Å². The van der Waals surface area contributed by atoms with Crippen LogP contribution in [0.5, 0.6) is 0 Å². The normalized spacial score (nSPS) is 23.1. The SMILES string of the molecule is C[C@@H](O)[C@H]1C(=O)N2C(C(=O)O)=C(c3cn4cnc(C(=O)c5cncc(CO)c5)c4s3)[C@H](C)[C@H]12. The summed E-state index contributed by atoms with van der Waals surface area (Å²) in [6.45, 7) is 3.13. The van der Waals surface area contributed by atoms with E-state index < -0.39 is 29.9 Å². The largest absolute Gasteiger partial charge is 0.477 e. The van der Waals surface area contributed by atoms with Gasteiger partial charge in [0, 0.05) is 35.6 Å². The number of pyridine rings is 1. The Kier molecular flexibility index (Phi) is 4.92. The average molecular weight is 468 g/mol. The van der Waals surface area contributed by atoms with E-state index in [0.29, 0.717) is 20.8 Å². The van der Waals surface area contributed by atoms with E-state index in [2.05, 4.69) is 9.97 Å². The predicted octanol–water partition coefficient (Wildman–Crippen LogP) is 1.17. The van der Waals surface area contributed by atoms with E-state index in [9.17, 15) is 29.7 Å². The second kappa shape index (κ2) is 7.58. The molecular weight excluding hydrogens is 448 g/mol. The molecule has 2 aliphatic rings. The number of aliphatic hydroxyl groups excluding tert-OH is 2. The number of ketones is 1. The molecule has 1 amide bonds. The van der Waals surface area contributed by atoms with Crippen LogP contribution in [-0.2, 0) is 16.2 Å². The molecule has 1 saturated heterocycles. The molecule has 2 aliphatic heterocycles. The van der Waals surface area contributed by atoms with Gasteiger partial charge in [0.2, 0.25) is 11.7 Å². The van der Waals surface area contributed by atoms with E-state index in [1.165, 1.54) is 41.9 Å². The molecule has 1 fully saturated rings. The van der Waals surface area contributed by atoms with Gasteiger partial charge in [-0.05, 0) is 18.6 Å². The lowest BCUT2D eigenvalue weighted by Gasteiger charge is -2.46. The molecule has 10 nitrogen and oxygen atoms in total. The summed E-state index contributed by atoms with van der Waals surface area (Å²) < 4.78 is 1.65. The number of imidazole rings is 1. The molecule has 0 spiro atoms. The lowest BCUT2D eigenvalue weighted by Crippen LogP contribution is -2.63. The molecule has 0 unspecified atom stereocenters. The van der Waals surface area contributed by atoms with Crippen molar-refractivity contribution in [1.29, 1.82) is 0 Å². The van der Waals surface area contributed by atoms with E-state index in [4.69, 9.17) is 0 Å². The Morgan fingerprint density at radius 2 is 2.06 bits per heavy atom. The van der Waals surface area contributed by atoms with E-state index in [1.54, 1.807) is 16.7 Å². The van der Waals surface area contributed by atoms with Crippen molar-refractivity contribution >= 4 is 39.4 Å². The van der Waals surface area contributed by atoms with Gasteiger partial charge in [-0.3, -0.25) is 19.0 Å². The summed E-state index contributed by atoms with van der Waals surface area (Å²) in [5, 5.41) is 29.2. The molecule has 33 heavy (non-hydrogen) atoms. The topological polar surface area (TPSA) is 145 Å². The molecule has 170 valence electrons. The Hall–Kier alpha value is -3.41. The molecule has 3 N–H and O–H groups in total. The van der Waals surface area contributed by atoms with E-state index in [1.807, 2.05) is 6.92 Å². The molecule has 3 aromatic heterocycles. The molecule has 0 aliphatic carbocycles. The molecule has 0 radical (unpaired) electrons. The van der Waals surface area contributed by atoms with Gasteiger partial charge >= 0.3 is 5.97 Å². The number of hydrogen-bond donors (Lipinski definition) is 3. The number of hydrogen-bond acceptors (Lipinski definition) is 8. The number of carbonyl (C=O) groups excluding carboxylic acids is 2. The van der Waals surface area contributed by atoms with Crippen molar-refractivity contribution < 1.29 is 29.7 Å². The summed E-state index contributed by atoms with van der Waals surface area (Å²) in [5.41, 5.74) is 1.39. The van der Waals surface area contributed by atoms with E-state index in [0.717, 1.165) is 0 Å². The van der Waals surface area contributed by atoms with Gasteiger partial charge in [0.15, 0.2) is 0 Å². The van der Waals surface area contributed by atoms with Crippen molar-refractivity contribution in [3.8, 4) is 0 Å². The zero-order valence-electron chi connectivity index (χ0n) is 17.7. The van der Waals surface area contributed by atoms with Crippen LogP contribution in [0.2, 0.25) is 0 Å². The summed E-state index contributed by atoms with van der Waals surface area (Å²) in [5.74, 6) is -2.94. The molecular formula is C22H20N4O6S. The number of carboxylic acid groups (broad SMARTS) is 1. The Bertz CT molecular complexity index is 1360. The van der Waals surface area contributed by atoms with Crippen molar-refractivity contribution in [3.05, 3.63) is 58.4 Å². The maximum absolute atomic E-state index is 13.1. The van der Waals surface area contributed by atoms with Gasteiger partial charge in [-0.15, -0.1) is 11.3 Å². The van der Waals surface area contributed by atoms with E-state index in [-0.39, 0.29) is 35.3 Å². The lowest BCUT2D eigenvalue weighted by atomic mass is 9.77. The number of aromatic nitrogens is 3. The summed E-state index contributed by atoms with van der Waals surface area (Å²) in [6, 6.07) is 1.12. The zero-order chi connectivity index (χ0) is 23.6. The fraction of sp³-hybridized carbons (Fsp3) is 0.318. The van der Waals surface area contributed by atoms with Gasteiger partial charge in [0.25, 0.3) is 0 Å². The van der Waals surface area contributed by atoms with Crippen LogP contribution in [0.4, 0.5) is 0 Å².